The lowest BCUT2D eigenvalue weighted by molar-refractivity contribution is -0.108. The van der Waals surface area contributed by atoms with Crippen molar-refractivity contribution in [2.24, 2.45) is 0 Å². The number of nitrogens with zero attached hydrogens (tertiary/aromatic N) is 1. The molecule has 1 aliphatic heterocycles. The van der Waals surface area contributed by atoms with Crippen LogP contribution in [0.25, 0.3) is 0 Å². The van der Waals surface area contributed by atoms with E-state index >= 15 is 0 Å². The van der Waals surface area contributed by atoms with E-state index in [-0.39, 0.29) is 11.7 Å². The quantitative estimate of drug-likeness (QED) is 0.793. The molecule has 1 aliphatic rings. The summed E-state index contributed by atoms with van der Waals surface area (Å²) in [5.74, 6) is -0.322. The summed E-state index contributed by atoms with van der Waals surface area (Å²) in [6.45, 7) is 2.29. The lowest BCUT2D eigenvalue weighted by atomic mass is 9.93. The zero-order chi connectivity index (χ0) is 16.9. The molecule has 2 aromatic carbocycles. The van der Waals surface area contributed by atoms with Crippen LogP contribution in [0, 0.1) is 5.82 Å². The first-order chi connectivity index (χ1) is 11.7. The Morgan fingerprint density at radius 3 is 2.79 bits per heavy atom. The molecule has 1 heterocycles. The Morgan fingerprint density at radius 2 is 2.08 bits per heavy atom. The minimum absolute atomic E-state index is 0.110. The molecular formula is C20H23FN2O. The van der Waals surface area contributed by atoms with Crippen LogP contribution in [0.1, 0.15) is 29.0 Å². The van der Waals surface area contributed by atoms with Gasteiger partial charge in [-0.2, -0.15) is 0 Å². The summed E-state index contributed by atoms with van der Waals surface area (Å²) in [4.78, 5) is 13.1. The number of halogens is 1. The van der Waals surface area contributed by atoms with Gasteiger partial charge in [0.15, 0.2) is 0 Å². The van der Waals surface area contributed by atoms with Crippen molar-refractivity contribution >= 4 is 12.0 Å². The normalized spacial score (nSPS) is 14.5. The van der Waals surface area contributed by atoms with Crippen LogP contribution in [0.15, 0.2) is 42.5 Å². The highest BCUT2D eigenvalue weighted by Crippen LogP contribution is 2.34. The first-order valence-corrected chi connectivity index (χ1v) is 8.42. The summed E-state index contributed by atoms with van der Waals surface area (Å²) in [6, 6.07) is 13.8. The summed E-state index contributed by atoms with van der Waals surface area (Å²) in [6.07, 6.45) is 2.13. The Bertz CT molecular complexity index is 702. The Labute approximate surface area is 142 Å². The van der Waals surface area contributed by atoms with Gasteiger partial charge in [-0.25, -0.2) is 4.39 Å². The van der Waals surface area contributed by atoms with Gasteiger partial charge in [-0.1, -0.05) is 36.4 Å². The van der Waals surface area contributed by atoms with Gasteiger partial charge in [-0.15, -0.1) is 0 Å². The number of carbonyl (C=O) groups is 1. The van der Waals surface area contributed by atoms with E-state index in [9.17, 15) is 9.18 Å². The molecule has 126 valence electrons. The lowest BCUT2D eigenvalue weighted by Crippen LogP contribution is -2.20. The molecule has 0 bridgehead atoms. The van der Waals surface area contributed by atoms with Gasteiger partial charge in [0.25, 0.3) is 0 Å². The molecule has 1 atom stereocenters. The number of anilines is 1. The number of rotatable bonds is 7. The molecule has 0 spiro atoms. The Hall–Kier alpha value is -2.20. The molecule has 0 radical (unpaired) electrons. The first kappa shape index (κ1) is 16.7. The number of hydrogen-bond donors (Lipinski definition) is 1. The average molecular weight is 326 g/mol. The molecule has 0 aromatic heterocycles. The van der Waals surface area contributed by atoms with Crippen molar-refractivity contribution in [1.82, 2.24) is 5.32 Å². The summed E-state index contributed by atoms with van der Waals surface area (Å²) < 4.78 is 14.7. The SMILES string of the molecule is CNCC(CC=O)c1cc2c(cc1F)N(Cc1ccccc1)CC2. The Kier molecular flexibility index (Phi) is 5.26. The molecule has 4 heteroatoms. The summed E-state index contributed by atoms with van der Waals surface area (Å²) in [7, 11) is 1.82. The maximum Gasteiger partial charge on any atom is 0.128 e. The van der Waals surface area contributed by atoms with E-state index in [1.807, 2.05) is 31.3 Å². The van der Waals surface area contributed by atoms with Gasteiger partial charge in [-0.3, -0.25) is 0 Å². The molecule has 0 fully saturated rings. The summed E-state index contributed by atoms with van der Waals surface area (Å²) in [5, 5.41) is 3.05. The fourth-order valence-electron chi connectivity index (χ4n) is 3.46. The number of hydrogen-bond acceptors (Lipinski definition) is 3. The summed E-state index contributed by atoms with van der Waals surface area (Å²) >= 11 is 0. The van der Waals surface area contributed by atoms with Crippen LogP contribution in [-0.2, 0) is 17.8 Å². The lowest BCUT2D eigenvalue weighted by Gasteiger charge is -2.21. The van der Waals surface area contributed by atoms with Crippen molar-refractivity contribution in [2.45, 2.75) is 25.3 Å². The van der Waals surface area contributed by atoms with Crippen LogP contribution in [0.4, 0.5) is 10.1 Å². The standard InChI is InChI=1S/C20H23FN2O/c1-22-13-17(8-10-24)18-11-16-7-9-23(20(16)12-19(18)21)14-15-5-3-2-4-6-15/h2-6,10-12,17,22H,7-9,13-14H2,1H3. The van der Waals surface area contributed by atoms with Crippen LogP contribution in [0.5, 0.6) is 0 Å². The second-order valence-corrected chi connectivity index (χ2v) is 6.32. The maximum absolute atomic E-state index is 14.7. The minimum atomic E-state index is -0.212. The van der Waals surface area contributed by atoms with Crippen LogP contribution in [-0.4, -0.2) is 26.4 Å². The molecular weight excluding hydrogens is 303 g/mol. The van der Waals surface area contributed by atoms with Crippen LogP contribution >= 0.6 is 0 Å². The molecule has 1 unspecified atom stereocenters. The van der Waals surface area contributed by atoms with E-state index in [1.165, 1.54) is 11.1 Å². The number of fused-ring (bicyclic) bond motifs is 1. The van der Waals surface area contributed by atoms with Crippen molar-refractivity contribution < 1.29 is 9.18 Å². The van der Waals surface area contributed by atoms with Gasteiger partial charge in [-0.05, 0) is 36.2 Å². The van der Waals surface area contributed by atoms with Gasteiger partial charge in [0.2, 0.25) is 0 Å². The molecule has 3 rings (SSSR count). The van der Waals surface area contributed by atoms with Gasteiger partial charge < -0.3 is 15.0 Å². The highest BCUT2D eigenvalue weighted by atomic mass is 19.1. The molecule has 3 nitrogen and oxygen atoms in total. The zero-order valence-electron chi connectivity index (χ0n) is 14.0. The van der Waals surface area contributed by atoms with E-state index in [4.69, 9.17) is 0 Å². The topological polar surface area (TPSA) is 32.3 Å². The van der Waals surface area contributed by atoms with E-state index in [1.54, 1.807) is 6.07 Å². The highest BCUT2D eigenvalue weighted by Gasteiger charge is 2.24. The van der Waals surface area contributed by atoms with E-state index < -0.39 is 0 Å². The first-order valence-electron chi connectivity index (χ1n) is 8.42. The average Bonchev–Trinajstić information content (AvgIpc) is 2.97. The fraction of sp³-hybridized carbons (Fsp3) is 0.350. The number of benzene rings is 2. The number of likely N-dealkylation sites (N-methyl/N-ethyl adjacent to an activating group) is 1. The Morgan fingerprint density at radius 1 is 1.29 bits per heavy atom. The van der Waals surface area contributed by atoms with Crippen molar-refractivity contribution in [3.05, 3.63) is 65.0 Å². The zero-order valence-corrected chi connectivity index (χ0v) is 14.0. The fourth-order valence-corrected chi connectivity index (χ4v) is 3.46. The predicted octanol–water partition coefficient (Wildman–Crippen LogP) is 3.28. The number of nitrogens with one attached hydrogen (secondary N) is 1. The number of aldehydes is 1. The third-order valence-electron chi connectivity index (χ3n) is 4.68. The van der Waals surface area contributed by atoms with Gasteiger partial charge in [0.05, 0.1) is 0 Å². The van der Waals surface area contributed by atoms with E-state index in [0.717, 1.165) is 31.5 Å². The largest absolute Gasteiger partial charge is 0.367 e. The minimum Gasteiger partial charge on any atom is -0.367 e. The van der Waals surface area contributed by atoms with Crippen molar-refractivity contribution in [1.29, 1.82) is 0 Å². The Balaban J connectivity index is 1.85. The number of carbonyl (C=O) groups excluding carboxylic acids is 1. The van der Waals surface area contributed by atoms with E-state index in [2.05, 4.69) is 22.3 Å². The van der Waals surface area contributed by atoms with Gasteiger partial charge >= 0.3 is 0 Å². The van der Waals surface area contributed by atoms with Crippen molar-refractivity contribution in [3.63, 3.8) is 0 Å². The third-order valence-corrected chi connectivity index (χ3v) is 4.68. The molecule has 24 heavy (non-hydrogen) atoms. The summed E-state index contributed by atoms with van der Waals surface area (Å²) in [5.41, 5.74) is 4.03. The monoisotopic (exact) mass is 326 g/mol. The van der Waals surface area contributed by atoms with Gasteiger partial charge in [0.1, 0.15) is 12.1 Å². The molecule has 0 saturated carbocycles. The van der Waals surface area contributed by atoms with Crippen LogP contribution in [0.2, 0.25) is 0 Å². The molecule has 2 aromatic rings. The maximum atomic E-state index is 14.7. The highest BCUT2D eigenvalue weighted by molar-refractivity contribution is 5.61. The third kappa shape index (κ3) is 3.49. The second kappa shape index (κ2) is 7.58. The van der Waals surface area contributed by atoms with Crippen LogP contribution in [0.3, 0.4) is 0 Å². The van der Waals surface area contributed by atoms with Crippen LogP contribution < -0.4 is 10.2 Å². The van der Waals surface area contributed by atoms with Gasteiger partial charge in [0, 0.05) is 37.7 Å². The molecule has 0 aliphatic carbocycles. The molecule has 0 saturated heterocycles. The van der Waals surface area contributed by atoms with Crippen molar-refractivity contribution in [3.8, 4) is 0 Å². The smallest absolute Gasteiger partial charge is 0.128 e. The second-order valence-electron chi connectivity index (χ2n) is 6.32. The predicted molar refractivity (Wildman–Crippen MR) is 94.9 cm³/mol. The van der Waals surface area contributed by atoms with E-state index in [0.29, 0.717) is 18.5 Å². The molecule has 0 amide bonds. The van der Waals surface area contributed by atoms with Crippen molar-refractivity contribution in [2.75, 3.05) is 25.0 Å². The molecule has 1 N–H and O–H groups in total.